The molecule has 0 radical (unpaired) electrons. The van der Waals surface area contributed by atoms with E-state index < -0.39 is 0 Å². The summed E-state index contributed by atoms with van der Waals surface area (Å²) in [6.07, 6.45) is 0.629. The van der Waals surface area contributed by atoms with Gasteiger partial charge in [-0.1, -0.05) is 12.1 Å². The number of hydrogen-bond donors (Lipinski definition) is 1. The van der Waals surface area contributed by atoms with Crippen LogP contribution in [0.3, 0.4) is 0 Å². The molecule has 0 aliphatic carbocycles. The predicted molar refractivity (Wildman–Crippen MR) is 104 cm³/mol. The van der Waals surface area contributed by atoms with Crippen molar-refractivity contribution < 1.29 is 28.5 Å². The zero-order valence-corrected chi connectivity index (χ0v) is 16.5. The zero-order valence-electron chi connectivity index (χ0n) is 16.5. The van der Waals surface area contributed by atoms with Crippen LogP contribution in [0, 0.1) is 0 Å². The van der Waals surface area contributed by atoms with Crippen molar-refractivity contribution in [2.75, 3.05) is 34.6 Å². The van der Waals surface area contributed by atoms with Gasteiger partial charge >= 0.3 is 0 Å². The molecule has 2 heterocycles. The van der Waals surface area contributed by atoms with Crippen LogP contribution in [-0.4, -0.2) is 51.3 Å². The number of nitrogens with zero attached hydrogens (tertiary/aromatic N) is 1. The van der Waals surface area contributed by atoms with Gasteiger partial charge in [0, 0.05) is 25.7 Å². The Morgan fingerprint density at radius 1 is 1.17 bits per heavy atom. The quantitative estimate of drug-likeness (QED) is 0.829. The highest BCUT2D eigenvalue weighted by Gasteiger charge is 2.36. The highest BCUT2D eigenvalue weighted by molar-refractivity contribution is 6.02. The van der Waals surface area contributed by atoms with Gasteiger partial charge in [0.25, 0.3) is 11.8 Å². The minimum Gasteiger partial charge on any atom is -0.496 e. The summed E-state index contributed by atoms with van der Waals surface area (Å²) >= 11 is 0. The average Bonchev–Trinajstić information content (AvgIpc) is 3.23. The lowest BCUT2D eigenvalue weighted by Gasteiger charge is -2.29. The Balaban J connectivity index is 1.72. The van der Waals surface area contributed by atoms with Crippen LogP contribution in [0.4, 0.5) is 0 Å². The molecule has 1 N–H and O–H groups in total. The average molecular weight is 398 g/mol. The molecule has 8 nitrogen and oxygen atoms in total. The smallest absolute Gasteiger partial charge is 0.257 e. The van der Waals surface area contributed by atoms with Gasteiger partial charge in [0.15, 0.2) is 11.5 Å². The third-order valence-corrected chi connectivity index (χ3v) is 5.23. The topological polar surface area (TPSA) is 86.3 Å². The van der Waals surface area contributed by atoms with Gasteiger partial charge < -0.3 is 29.2 Å². The van der Waals surface area contributed by atoms with Gasteiger partial charge in [-0.25, -0.2) is 0 Å². The third-order valence-electron chi connectivity index (χ3n) is 5.23. The molecule has 0 saturated carbocycles. The fourth-order valence-electron chi connectivity index (χ4n) is 3.76. The Kier molecular flexibility index (Phi) is 4.92. The molecule has 0 unspecified atom stereocenters. The minimum absolute atomic E-state index is 0.0338. The van der Waals surface area contributed by atoms with Crippen LogP contribution in [0.1, 0.15) is 31.8 Å². The van der Waals surface area contributed by atoms with Crippen LogP contribution in [0.2, 0.25) is 0 Å². The summed E-state index contributed by atoms with van der Waals surface area (Å²) in [6, 6.07) is 7.00. The number of methoxy groups -OCH3 is 2. The van der Waals surface area contributed by atoms with E-state index in [9.17, 15) is 9.59 Å². The van der Waals surface area contributed by atoms with Crippen LogP contribution in [0.5, 0.6) is 23.0 Å². The van der Waals surface area contributed by atoms with Crippen molar-refractivity contribution in [1.82, 2.24) is 10.2 Å². The summed E-state index contributed by atoms with van der Waals surface area (Å²) in [6.45, 7) is 0.792. The summed E-state index contributed by atoms with van der Waals surface area (Å²) in [5.41, 5.74) is 2.45. The lowest BCUT2D eigenvalue weighted by Crippen LogP contribution is -2.36. The SMILES string of the molecule is COc1ccccc1C(=O)NCc1c2c(c(OC)c3c1OCO3)C(=O)N(C)CC2. The molecule has 4 rings (SSSR count). The second kappa shape index (κ2) is 7.54. The summed E-state index contributed by atoms with van der Waals surface area (Å²) in [4.78, 5) is 27.2. The molecule has 0 aromatic heterocycles. The van der Waals surface area contributed by atoms with Crippen LogP contribution >= 0.6 is 0 Å². The number of carbonyl (C=O) groups is 2. The Labute approximate surface area is 168 Å². The number of likely N-dealkylation sites (N-methyl/N-ethyl adjacent to an activating group) is 1. The summed E-state index contributed by atoms with van der Waals surface area (Å²) < 4.78 is 22.0. The van der Waals surface area contributed by atoms with Gasteiger partial charge in [-0.3, -0.25) is 9.59 Å². The lowest BCUT2D eigenvalue weighted by molar-refractivity contribution is 0.0775. The molecule has 0 atom stereocenters. The molecular weight excluding hydrogens is 376 g/mol. The van der Waals surface area contributed by atoms with Crippen molar-refractivity contribution in [1.29, 1.82) is 0 Å². The van der Waals surface area contributed by atoms with E-state index >= 15 is 0 Å². The van der Waals surface area contributed by atoms with Crippen molar-refractivity contribution in [3.63, 3.8) is 0 Å². The summed E-state index contributed by atoms with van der Waals surface area (Å²) in [7, 11) is 4.77. The molecule has 8 heteroatoms. The van der Waals surface area contributed by atoms with Crippen LogP contribution < -0.4 is 24.3 Å². The molecule has 0 bridgehead atoms. The van der Waals surface area contributed by atoms with Gasteiger partial charge in [-0.15, -0.1) is 0 Å². The first-order valence-electron chi connectivity index (χ1n) is 9.24. The summed E-state index contributed by atoms with van der Waals surface area (Å²) in [5, 5.41) is 2.91. The molecular formula is C21H22N2O6. The Bertz CT molecular complexity index is 988. The van der Waals surface area contributed by atoms with Gasteiger partial charge in [-0.05, 0) is 24.1 Å². The highest BCUT2D eigenvalue weighted by atomic mass is 16.7. The van der Waals surface area contributed by atoms with Gasteiger partial charge in [0.2, 0.25) is 12.5 Å². The van der Waals surface area contributed by atoms with E-state index in [0.717, 1.165) is 11.1 Å². The predicted octanol–water partition coefficient (Wildman–Crippen LogP) is 1.99. The van der Waals surface area contributed by atoms with Crippen LogP contribution in [-0.2, 0) is 13.0 Å². The molecule has 2 aromatic rings. The summed E-state index contributed by atoms with van der Waals surface area (Å²) in [5.74, 6) is 1.36. The third kappa shape index (κ3) is 3.10. The van der Waals surface area contributed by atoms with E-state index in [2.05, 4.69) is 5.32 Å². The van der Waals surface area contributed by atoms with E-state index in [4.69, 9.17) is 18.9 Å². The first-order valence-corrected chi connectivity index (χ1v) is 9.24. The second-order valence-corrected chi connectivity index (χ2v) is 6.79. The number of ether oxygens (including phenoxy) is 4. The minimum atomic E-state index is -0.279. The number of para-hydroxylation sites is 1. The molecule has 2 aliphatic rings. The molecule has 0 saturated heterocycles. The van der Waals surface area contributed by atoms with Crippen molar-refractivity contribution >= 4 is 11.8 Å². The first kappa shape index (κ1) is 18.9. The Morgan fingerprint density at radius 2 is 1.93 bits per heavy atom. The number of nitrogens with one attached hydrogen (secondary N) is 1. The van der Waals surface area contributed by atoms with Gasteiger partial charge in [0.1, 0.15) is 5.75 Å². The fourth-order valence-corrected chi connectivity index (χ4v) is 3.76. The molecule has 152 valence electrons. The number of amides is 2. The maximum Gasteiger partial charge on any atom is 0.257 e. The van der Waals surface area contributed by atoms with Crippen molar-refractivity contribution in [3.05, 3.63) is 46.5 Å². The standard InChI is InChI=1S/C21H22N2O6/c1-23-9-8-12-14(10-22-20(24)13-6-4-5-7-15(13)26-2)17-19(29-11-28-17)18(27-3)16(12)21(23)25/h4-7H,8-11H2,1-3H3,(H,22,24). The molecule has 2 amide bonds. The molecule has 2 aliphatic heterocycles. The lowest BCUT2D eigenvalue weighted by atomic mass is 9.91. The van der Waals surface area contributed by atoms with Crippen molar-refractivity contribution in [2.24, 2.45) is 0 Å². The maximum atomic E-state index is 12.8. The van der Waals surface area contributed by atoms with Crippen LogP contribution in [0.25, 0.3) is 0 Å². The zero-order chi connectivity index (χ0) is 20.5. The highest BCUT2D eigenvalue weighted by Crippen LogP contribution is 2.49. The van der Waals surface area contributed by atoms with E-state index in [-0.39, 0.29) is 25.2 Å². The monoisotopic (exact) mass is 398 g/mol. The number of benzene rings is 2. The Morgan fingerprint density at radius 3 is 2.69 bits per heavy atom. The number of rotatable bonds is 5. The molecule has 0 fully saturated rings. The normalized spacial score (nSPS) is 14.4. The fraction of sp³-hybridized carbons (Fsp3) is 0.333. The molecule has 0 spiro atoms. The molecule has 29 heavy (non-hydrogen) atoms. The van der Waals surface area contributed by atoms with Crippen molar-refractivity contribution in [2.45, 2.75) is 13.0 Å². The van der Waals surface area contributed by atoms with E-state index in [1.54, 1.807) is 36.2 Å². The Hall–Kier alpha value is -3.42. The second-order valence-electron chi connectivity index (χ2n) is 6.79. The van der Waals surface area contributed by atoms with Crippen molar-refractivity contribution in [3.8, 4) is 23.0 Å². The largest absolute Gasteiger partial charge is 0.496 e. The molecule has 2 aromatic carbocycles. The van der Waals surface area contributed by atoms with E-state index in [0.29, 0.717) is 47.1 Å². The van der Waals surface area contributed by atoms with E-state index in [1.807, 2.05) is 0 Å². The number of carbonyl (C=O) groups excluding carboxylic acids is 2. The van der Waals surface area contributed by atoms with Gasteiger partial charge in [-0.2, -0.15) is 0 Å². The first-order chi connectivity index (χ1) is 14.1. The number of fused-ring (bicyclic) bond motifs is 2. The maximum absolute atomic E-state index is 12.8. The number of hydrogen-bond acceptors (Lipinski definition) is 6. The van der Waals surface area contributed by atoms with E-state index in [1.165, 1.54) is 14.2 Å². The van der Waals surface area contributed by atoms with Crippen LogP contribution in [0.15, 0.2) is 24.3 Å². The van der Waals surface area contributed by atoms with Gasteiger partial charge in [0.05, 0.1) is 25.3 Å².